The van der Waals surface area contributed by atoms with Gasteiger partial charge in [0.1, 0.15) is 0 Å². The minimum absolute atomic E-state index is 0.0146. The van der Waals surface area contributed by atoms with Crippen LogP contribution in [-0.2, 0) is 11.3 Å². The van der Waals surface area contributed by atoms with Crippen molar-refractivity contribution in [1.29, 1.82) is 0 Å². The van der Waals surface area contributed by atoms with Crippen LogP contribution in [0.5, 0.6) is 5.75 Å². The fraction of sp³-hybridized carbons (Fsp3) is 0.353. The Hall–Kier alpha value is -2.83. The van der Waals surface area contributed by atoms with Gasteiger partial charge in [-0.05, 0) is 26.8 Å². The number of carbonyl (C=O) groups excluding carboxylic acids is 1. The minimum atomic E-state index is -0.516. The third-order valence-corrected chi connectivity index (χ3v) is 3.66. The van der Waals surface area contributed by atoms with Crippen LogP contribution in [0.2, 0.25) is 0 Å². The molecule has 2 aromatic rings. The van der Waals surface area contributed by atoms with E-state index in [1.54, 1.807) is 29.8 Å². The monoisotopic (exact) mass is 332 g/mol. The Bertz CT molecular complexity index is 780. The average Bonchev–Trinajstić information content (AvgIpc) is 2.82. The molecule has 128 valence electrons. The fourth-order valence-electron chi connectivity index (χ4n) is 2.67. The van der Waals surface area contributed by atoms with Crippen molar-refractivity contribution >= 4 is 11.7 Å². The highest BCUT2D eigenvalue weighted by atomic mass is 16.6. The summed E-state index contributed by atoms with van der Waals surface area (Å²) in [6.45, 7) is 5.80. The molecule has 0 fully saturated rings. The van der Waals surface area contributed by atoms with Crippen molar-refractivity contribution in [3.8, 4) is 5.75 Å². The average molecular weight is 332 g/mol. The number of hydrogen-bond donors (Lipinski definition) is 0. The molecule has 1 aromatic heterocycles. The third kappa shape index (κ3) is 3.40. The van der Waals surface area contributed by atoms with Gasteiger partial charge in [0.05, 0.1) is 25.2 Å². The number of aromatic nitrogens is 1. The van der Waals surface area contributed by atoms with Gasteiger partial charge in [-0.1, -0.05) is 11.6 Å². The highest BCUT2D eigenvalue weighted by Crippen LogP contribution is 2.29. The van der Waals surface area contributed by atoms with Crippen LogP contribution < -0.4 is 4.74 Å². The van der Waals surface area contributed by atoms with Gasteiger partial charge in [0.15, 0.2) is 11.4 Å². The van der Waals surface area contributed by atoms with Crippen LogP contribution >= 0.6 is 0 Å². The van der Waals surface area contributed by atoms with Gasteiger partial charge in [-0.3, -0.25) is 10.1 Å². The van der Waals surface area contributed by atoms with E-state index in [1.807, 2.05) is 13.8 Å². The maximum atomic E-state index is 12.3. The quantitative estimate of drug-likeness (QED) is 0.460. The summed E-state index contributed by atoms with van der Waals surface area (Å²) in [5.41, 5.74) is 2.46. The van der Waals surface area contributed by atoms with Crippen LogP contribution in [0.1, 0.15) is 34.1 Å². The van der Waals surface area contributed by atoms with Crippen molar-refractivity contribution in [3.05, 3.63) is 56.9 Å². The van der Waals surface area contributed by atoms with Crippen LogP contribution in [0.3, 0.4) is 0 Å². The molecule has 0 amide bonds. The van der Waals surface area contributed by atoms with Crippen molar-refractivity contribution in [2.75, 3.05) is 13.7 Å². The maximum absolute atomic E-state index is 12.3. The molecule has 0 unspecified atom stereocenters. The van der Waals surface area contributed by atoms with Crippen LogP contribution in [0.25, 0.3) is 0 Å². The van der Waals surface area contributed by atoms with Crippen molar-refractivity contribution in [1.82, 2.24) is 4.57 Å². The predicted octanol–water partition coefficient (Wildman–Crippen LogP) is 3.25. The summed E-state index contributed by atoms with van der Waals surface area (Å²) in [7, 11) is 1.48. The molecule has 1 heterocycles. The molecular formula is C17H20N2O5. The summed E-state index contributed by atoms with van der Waals surface area (Å²) >= 11 is 0. The number of carbonyl (C=O) groups is 1. The van der Waals surface area contributed by atoms with E-state index in [1.165, 1.54) is 13.2 Å². The molecule has 0 bridgehead atoms. The summed E-state index contributed by atoms with van der Waals surface area (Å²) in [6.07, 6.45) is 1.73. The van der Waals surface area contributed by atoms with Crippen molar-refractivity contribution < 1.29 is 19.2 Å². The lowest BCUT2D eigenvalue weighted by atomic mass is 10.1. The Labute approximate surface area is 140 Å². The second kappa shape index (κ2) is 7.16. The first-order chi connectivity index (χ1) is 11.4. The number of hydrogen-bond acceptors (Lipinski definition) is 5. The molecule has 0 radical (unpaired) electrons. The molecule has 7 heteroatoms. The topological polar surface area (TPSA) is 83.6 Å². The SMILES string of the molecule is CCOC(=O)c1c(OC)c(C)cn1Cc1cc(C)ccc1[N+](=O)[O-]. The van der Waals surface area contributed by atoms with Crippen LogP contribution in [0, 0.1) is 24.0 Å². The Morgan fingerprint density at radius 1 is 1.33 bits per heavy atom. The molecule has 7 nitrogen and oxygen atoms in total. The highest BCUT2D eigenvalue weighted by molar-refractivity contribution is 5.91. The van der Waals surface area contributed by atoms with Gasteiger partial charge < -0.3 is 14.0 Å². The molecule has 0 saturated carbocycles. The van der Waals surface area contributed by atoms with E-state index in [0.717, 1.165) is 11.1 Å². The first-order valence-corrected chi connectivity index (χ1v) is 7.53. The molecule has 0 aliphatic heterocycles. The number of ether oxygens (including phenoxy) is 2. The summed E-state index contributed by atoms with van der Waals surface area (Å²) in [4.78, 5) is 23.1. The second-order valence-corrected chi connectivity index (χ2v) is 5.43. The third-order valence-electron chi connectivity index (χ3n) is 3.66. The Morgan fingerprint density at radius 2 is 2.04 bits per heavy atom. The van der Waals surface area contributed by atoms with E-state index in [0.29, 0.717) is 11.3 Å². The normalized spacial score (nSPS) is 10.5. The minimum Gasteiger partial charge on any atom is -0.494 e. The molecule has 2 rings (SSSR count). The lowest BCUT2D eigenvalue weighted by Crippen LogP contribution is -2.14. The van der Waals surface area contributed by atoms with E-state index in [-0.39, 0.29) is 24.5 Å². The summed E-state index contributed by atoms with van der Waals surface area (Å²) in [6, 6.07) is 4.91. The molecule has 0 spiro atoms. The second-order valence-electron chi connectivity index (χ2n) is 5.43. The first kappa shape index (κ1) is 17.5. The number of aryl methyl sites for hydroxylation is 2. The van der Waals surface area contributed by atoms with Gasteiger partial charge in [-0.25, -0.2) is 4.79 Å². The van der Waals surface area contributed by atoms with E-state index >= 15 is 0 Å². The summed E-state index contributed by atoms with van der Waals surface area (Å²) in [5.74, 6) is -0.0958. The standard InChI is InChI=1S/C17H20N2O5/c1-5-24-17(20)15-16(23-4)12(3)9-18(15)10-13-8-11(2)6-7-14(13)19(21)22/h6-9H,5,10H2,1-4H3. The number of nitro benzene ring substituents is 1. The molecule has 0 aliphatic rings. The van der Waals surface area contributed by atoms with Gasteiger partial charge in [-0.15, -0.1) is 0 Å². The zero-order valence-corrected chi connectivity index (χ0v) is 14.2. The molecule has 24 heavy (non-hydrogen) atoms. The fourth-order valence-corrected chi connectivity index (χ4v) is 2.67. The van der Waals surface area contributed by atoms with Crippen molar-refractivity contribution in [2.24, 2.45) is 0 Å². The van der Waals surface area contributed by atoms with Crippen LogP contribution in [-0.4, -0.2) is 29.2 Å². The number of methoxy groups -OCH3 is 1. The van der Waals surface area contributed by atoms with Crippen LogP contribution in [0.4, 0.5) is 5.69 Å². The van der Waals surface area contributed by atoms with Crippen LogP contribution in [0.15, 0.2) is 24.4 Å². The van der Waals surface area contributed by atoms with E-state index < -0.39 is 10.9 Å². The van der Waals surface area contributed by atoms with E-state index in [2.05, 4.69) is 0 Å². The maximum Gasteiger partial charge on any atom is 0.358 e. The first-order valence-electron chi connectivity index (χ1n) is 7.53. The van der Waals surface area contributed by atoms with Crippen molar-refractivity contribution in [3.63, 3.8) is 0 Å². The van der Waals surface area contributed by atoms with E-state index in [4.69, 9.17) is 9.47 Å². The number of rotatable bonds is 6. The molecule has 0 aliphatic carbocycles. The molecule has 0 atom stereocenters. The Kier molecular flexibility index (Phi) is 5.23. The lowest BCUT2D eigenvalue weighted by molar-refractivity contribution is -0.385. The number of nitrogens with zero attached hydrogens (tertiary/aromatic N) is 2. The molecule has 0 N–H and O–H groups in total. The van der Waals surface area contributed by atoms with Gasteiger partial charge >= 0.3 is 5.97 Å². The van der Waals surface area contributed by atoms with Gasteiger partial charge in [0.2, 0.25) is 0 Å². The van der Waals surface area contributed by atoms with Gasteiger partial charge in [0, 0.05) is 23.4 Å². The Balaban J connectivity index is 2.53. The molecule has 1 aromatic carbocycles. The zero-order valence-electron chi connectivity index (χ0n) is 14.2. The number of benzene rings is 1. The number of esters is 1. The van der Waals surface area contributed by atoms with E-state index in [9.17, 15) is 14.9 Å². The number of nitro groups is 1. The van der Waals surface area contributed by atoms with Gasteiger partial charge in [0.25, 0.3) is 5.69 Å². The van der Waals surface area contributed by atoms with Crippen molar-refractivity contribution in [2.45, 2.75) is 27.3 Å². The Morgan fingerprint density at radius 3 is 2.62 bits per heavy atom. The summed E-state index contributed by atoms with van der Waals surface area (Å²) in [5, 5.41) is 11.3. The molecular weight excluding hydrogens is 312 g/mol. The largest absolute Gasteiger partial charge is 0.494 e. The zero-order chi connectivity index (χ0) is 17.9. The highest BCUT2D eigenvalue weighted by Gasteiger charge is 2.24. The molecule has 0 saturated heterocycles. The lowest BCUT2D eigenvalue weighted by Gasteiger charge is -2.11. The van der Waals surface area contributed by atoms with Gasteiger partial charge in [-0.2, -0.15) is 0 Å². The smallest absolute Gasteiger partial charge is 0.358 e. The summed E-state index contributed by atoms with van der Waals surface area (Å²) < 4.78 is 12.0. The predicted molar refractivity (Wildman–Crippen MR) is 88.6 cm³/mol.